The normalized spacial score (nSPS) is 10.6. The average molecular weight is 307 g/mol. The van der Waals surface area contributed by atoms with Gasteiger partial charge in [0.15, 0.2) is 0 Å². The summed E-state index contributed by atoms with van der Waals surface area (Å²) < 4.78 is 6.82. The number of rotatable bonds is 6. The number of hydrogen-bond donors (Lipinski definition) is 2. The lowest BCUT2D eigenvalue weighted by Crippen LogP contribution is -2.05. The van der Waals surface area contributed by atoms with Gasteiger partial charge in [0.2, 0.25) is 0 Å². The molecule has 1 aromatic heterocycles. The van der Waals surface area contributed by atoms with E-state index in [4.69, 9.17) is 10.5 Å². The van der Waals surface area contributed by atoms with Gasteiger partial charge >= 0.3 is 5.97 Å². The maximum Gasteiger partial charge on any atom is 0.342 e. The first-order valence-corrected chi connectivity index (χ1v) is 7.54. The zero-order chi connectivity index (χ0) is 15.4. The van der Waals surface area contributed by atoms with Gasteiger partial charge < -0.3 is 15.6 Å². The van der Waals surface area contributed by atoms with Crippen LogP contribution in [0, 0.1) is 0 Å². The van der Waals surface area contributed by atoms with Gasteiger partial charge in [-0.05, 0) is 36.9 Å². The Hall–Kier alpha value is -2.15. The Morgan fingerprint density at radius 1 is 1.38 bits per heavy atom. The SMILES string of the molecule is CCOc1ccc(-n2nc(SCC)c(C(=O)O)c2N)cc1. The zero-order valence-corrected chi connectivity index (χ0v) is 12.7. The number of hydrogen-bond acceptors (Lipinski definition) is 5. The molecule has 1 heterocycles. The largest absolute Gasteiger partial charge is 0.494 e. The number of ether oxygens (including phenoxy) is 1. The van der Waals surface area contributed by atoms with Crippen molar-refractivity contribution in [1.29, 1.82) is 0 Å². The summed E-state index contributed by atoms with van der Waals surface area (Å²) in [6.07, 6.45) is 0. The third-order valence-electron chi connectivity index (χ3n) is 2.78. The molecule has 0 amide bonds. The lowest BCUT2D eigenvalue weighted by Gasteiger charge is -2.06. The van der Waals surface area contributed by atoms with Crippen LogP contribution >= 0.6 is 11.8 Å². The molecular formula is C14H17N3O3S. The second-order valence-corrected chi connectivity index (χ2v) is 5.39. The topological polar surface area (TPSA) is 90.4 Å². The van der Waals surface area contributed by atoms with Crippen molar-refractivity contribution in [2.24, 2.45) is 0 Å². The number of benzene rings is 1. The van der Waals surface area contributed by atoms with Crippen molar-refractivity contribution in [3.05, 3.63) is 29.8 Å². The Kier molecular flexibility index (Phi) is 4.74. The van der Waals surface area contributed by atoms with E-state index < -0.39 is 5.97 Å². The summed E-state index contributed by atoms with van der Waals surface area (Å²) in [4.78, 5) is 11.3. The predicted octanol–water partition coefficient (Wildman–Crippen LogP) is 2.66. The van der Waals surface area contributed by atoms with Crippen molar-refractivity contribution in [2.75, 3.05) is 18.1 Å². The van der Waals surface area contributed by atoms with Gasteiger partial charge in [-0.25, -0.2) is 9.48 Å². The molecule has 7 heteroatoms. The minimum atomic E-state index is -1.07. The fourth-order valence-electron chi connectivity index (χ4n) is 1.90. The fourth-order valence-corrected chi connectivity index (χ4v) is 2.65. The molecule has 3 N–H and O–H groups in total. The van der Waals surface area contributed by atoms with Gasteiger partial charge in [0.05, 0.1) is 12.3 Å². The van der Waals surface area contributed by atoms with E-state index in [2.05, 4.69) is 5.10 Å². The lowest BCUT2D eigenvalue weighted by atomic mass is 10.3. The van der Waals surface area contributed by atoms with E-state index in [0.29, 0.717) is 17.3 Å². The Morgan fingerprint density at radius 3 is 2.57 bits per heavy atom. The Morgan fingerprint density at radius 2 is 2.05 bits per heavy atom. The summed E-state index contributed by atoms with van der Waals surface area (Å²) >= 11 is 1.35. The number of nitrogens with zero attached hydrogens (tertiary/aromatic N) is 2. The molecule has 0 saturated carbocycles. The van der Waals surface area contributed by atoms with E-state index in [-0.39, 0.29) is 11.4 Å². The molecule has 0 aliphatic rings. The van der Waals surface area contributed by atoms with Crippen LogP contribution in [0.15, 0.2) is 29.3 Å². The first-order valence-electron chi connectivity index (χ1n) is 6.56. The molecule has 21 heavy (non-hydrogen) atoms. The Labute approximate surface area is 126 Å². The molecule has 1 aromatic carbocycles. The molecule has 0 radical (unpaired) electrons. The zero-order valence-electron chi connectivity index (χ0n) is 11.9. The summed E-state index contributed by atoms with van der Waals surface area (Å²) in [6.45, 7) is 4.43. The highest BCUT2D eigenvalue weighted by Gasteiger charge is 2.22. The maximum atomic E-state index is 11.3. The first kappa shape index (κ1) is 15.2. The third kappa shape index (κ3) is 3.13. The first-order chi connectivity index (χ1) is 10.1. The van der Waals surface area contributed by atoms with E-state index in [0.717, 1.165) is 11.5 Å². The number of nitrogens with two attached hydrogens (primary N) is 1. The smallest absolute Gasteiger partial charge is 0.342 e. The van der Waals surface area contributed by atoms with Crippen molar-refractivity contribution < 1.29 is 14.6 Å². The van der Waals surface area contributed by atoms with Crippen molar-refractivity contribution in [2.45, 2.75) is 18.9 Å². The summed E-state index contributed by atoms with van der Waals surface area (Å²) in [6, 6.07) is 7.18. The summed E-state index contributed by atoms with van der Waals surface area (Å²) in [7, 11) is 0. The molecule has 0 spiro atoms. The highest BCUT2D eigenvalue weighted by atomic mass is 32.2. The Balaban J connectivity index is 2.43. The molecule has 0 bridgehead atoms. The van der Waals surface area contributed by atoms with Crippen LogP contribution in [0.5, 0.6) is 5.75 Å². The number of aromatic carboxylic acids is 1. The van der Waals surface area contributed by atoms with Crippen molar-refractivity contribution >= 4 is 23.5 Å². The molecule has 2 rings (SSSR count). The fraction of sp³-hybridized carbons (Fsp3) is 0.286. The highest BCUT2D eigenvalue weighted by Crippen LogP contribution is 2.29. The predicted molar refractivity (Wildman–Crippen MR) is 82.5 cm³/mol. The molecule has 112 valence electrons. The molecular weight excluding hydrogens is 290 g/mol. The van der Waals surface area contributed by atoms with Crippen LogP contribution in [0.4, 0.5) is 5.82 Å². The maximum absolute atomic E-state index is 11.3. The Bertz CT molecular complexity index is 638. The van der Waals surface area contributed by atoms with Gasteiger partial charge in [-0.3, -0.25) is 0 Å². The quantitative estimate of drug-likeness (QED) is 0.797. The third-order valence-corrected chi connectivity index (χ3v) is 3.62. The van der Waals surface area contributed by atoms with Crippen LogP contribution in [0.2, 0.25) is 0 Å². The van der Waals surface area contributed by atoms with Crippen molar-refractivity contribution in [1.82, 2.24) is 9.78 Å². The number of thioether (sulfide) groups is 1. The molecule has 0 unspecified atom stereocenters. The summed E-state index contributed by atoms with van der Waals surface area (Å²) in [5.74, 6) is 0.525. The number of carboxylic acids is 1. The number of nitrogen functional groups attached to an aromatic ring is 1. The van der Waals surface area contributed by atoms with Gasteiger partial charge in [0.1, 0.15) is 22.2 Å². The summed E-state index contributed by atoms with van der Waals surface area (Å²) in [5.41, 5.74) is 6.69. The highest BCUT2D eigenvalue weighted by molar-refractivity contribution is 7.99. The van der Waals surface area contributed by atoms with E-state index in [9.17, 15) is 9.90 Å². The average Bonchev–Trinajstić information content (AvgIpc) is 2.77. The second kappa shape index (κ2) is 6.53. The van der Waals surface area contributed by atoms with Crippen LogP contribution in [0.3, 0.4) is 0 Å². The van der Waals surface area contributed by atoms with Crippen LogP contribution in [0.1, 0.15) is 24.2 Å². The van der Waals surface area contributed by atoms with Crippen molar-refractivity contribution in [3.63, 3.8) is 0 Å². The molecule has 0 atom stereocenters. The molecule has 6 nitrogen and oxygen atoms in total. The minimum Gasteiger partial charge on any atom is -0.494 e. The lowest BCUT2D eigenvalue weighted by molar-refractivity contribution is 0.0694. The molecule has 0 aliphatic carbocycles. The standard InChI is InChI=1S/C14H17N3O3S/c1-3-20-10-7-5-9(6-8-10)17-12(15)11(14(18)19)13(16-17)21-4-2/h5-8H,3-4,15H2,1-2H3,(H,18,19). The van der Waals surface area contributed by atoms with Gasteiger partial charge in [-0.2, -0.15) is 5.10 Å². The molecule has 0 saturated heterocycles. The van der Waals surface area contributed by atoms with Crippen LogP contribution in [0.25, 0.3) is 5.69 Å². The monoisotopic (exact) mass is 307 g/mol. The van der Waals surface area contributed by atoms with Gasteiger partial charge in [0.25, 0.3) is 0 Å². The van der Waals surface area contributed by atoms with Crippen LogP contribution in [-0.4, -0.2) is 33.2 Å². The number of carbonyl (C=O) groups is 1. The number of anilines is 1. The van der Waals surface area contributed by atoms with Crippen LogP contribution < -0.4 is 10.5 Å². The number of carboxylic acid groups (broad SMARTS) is 1. The summed E-state index contributed by atoms with van der Waals surface area (Å²) in [5, 5.41) is 14.0. The molecule has 0 fully saturated rings. The van der Waals surface area contributed by atoms with E-state index in [1.54, 1.807) is 24.3 Å². The van der Waals surface area contributed by atoms with Gasteiger partial charge in [0, 0.05) is 0 Å². The van der Waals surface area contributed by atoms with Gasteiger partial charge in [-0.1, -0.05) is 6.92 Å². The van der Waals surface area contributed by atoms with E-state index in [1.807, 2.05) is 13.8 Å². The molecule has 0 aliphatic heterocycles. The van der Waals surface area contributed by atoms with Crippen LogP contribution in [-0.2, 0) is 0 Å². The van der Waals surface area contributed by atoms with Crippen molar-refractivity contribution in [3.8, 4) is 11.4 Å². The second-order valence-electron chi connectivity index (χ2n) is 4.14. The molecule has 2 aromatic rings. The van der Waals surface area contributed by atoms with E-state index >= 15 is 0 Å². The van der Waals surface area contributed by atoms with E-state index in [1.165, 1.54) is 16.4 Å². The number of aromatic nitrogens is 2. The minimum absolute atomic E-state index is 0.0516. The van der Waals surface area contributed by atoms with Gasteiger partial charge in [-0.15, -0.1) is 11.8 Å².